The van der Waals surface area contributed by atoms with Gasteiger partial charge in [-0.05, 0) is 49.6 Å². The quantitative estimate of drug-likeness (QED) is 0.635. The van der Waals surface area contributed by atoms with E-state index in [4.69, 9.17) is 9.47 Å². The van der Waals surface area contributed by atoms with Crippen LogP contribution < -0.4 is 14.8 Å². The molecule has 2 aromatic heterocycles. The number of hydrogen-bond acceptors (Lipinski definition) is 7. The van der Waals surface area contributed by atoms with Crippen molar-refractivity contribution in [1.82, 2.24) is 19.6 Å². The predicted octanol–water partition coefficient (Wildman–Crippen LogP) is 4.04. The zero-order valence-electron chi connectivity index (χ0n) is 17.9. The van der Waals surface area contributed by atoms with Crippen molar-refractivity contribution >= 4 is 17.8 Å². The van der Waals surface area contributed by atoms with Crippen molar-refractivity contribution in [2.75, 3.05) is 19.0 Å². The molecule has 1 unspecified atom stereocenters. The third kappa shape index (κ3) is 4.22. The van der Waals surface area contributed by atoms with E-state index in [0.717, 1.165) is 35.4 Å². The van der Waals surface area contributed by atoms with Gasteiger partial charge in [-0.1, -0.05) is 26.0 Å². The Labute approximate surface area is 176 Å². The van der Waals surface area contributed by atoms with Gasteiger partial charge in [0.2, 0.25) is 5.95 Å². The highest BCUT2D eigenvalue weighted by atomic mass is 16.5. The molecule has 0 aliphatic carbocycles. The molecule has 0 fully saturated rings. The van der Waals surface area contributed by atoms with Gasteiger partial charge in [0.05, 0.1) is 25.9 Å². The lowest BCUT2D eigenvalue weighted by atomic mass is 10.1. The molecule has 3 heterocycles. The average molecular weight is 409 g/mol. The van der Waals surface area contributed by atoms with Gasteiger partial charge >= 0.3 is 6.01 Å². The van der Waals surface area contributed by atoms with Gasteiger partial charge < -0.3 is 14.8 Å². The maximum Gasteiger partial charge on any atom is 0.322 e. The van der Waals surface area contributed by atoms with Crippen molar-refractivity contribution in [3.05, 3.63) is 41.6 Å². The SMILES string of the molecule is COc1cccc([C@H](C)Nc2nc(OC3CCC=NC3)nc3c(C(C)C)cnn23)c1. The van der Waals surface area contributed by atoms with E-state index in [2.05, 4.69) is 52.2 Å². The fourth-order valence-corrected chi connectivity index (χ4v) is 3.50. The van der Waals surface area contributed by atoms with Crippen LogP contribution >= 0.6 is 0 Å². The molecule has 0 spiro atoms. The topological polar surface area (TPSA) is 85.9 Å². The lowest BCUT2D eigenvalue weighted by molar-refractivity contribution is 0.182. The summed E-state index contributed by atoms with van der Waals surface area (Å²) >= 11 is 0. The Morgan fingerprint density at radius 2 is 2.07 bits per heavy atom. The van der Waals surface area contributed by atoms with Crippen LogP contribution in [0, 0.1) is 0 Å². The number of benzene rings is 1. The average Bonchev–Trinajstić information content (AvgIpc) is 3.19. The molecule has 158 valence electrons. The third-order valence-electron chi connectivity index (χ3n) is 5.26. The first kappa shape index (κ1) is 20.1. The molecule has 0 bridgehead atoms. The summed E-state index contributed by atoms with van der Waals surface area (Å²) in [6, 6.07) is 8.31. The second-order valence-corrected chi connectivity index (χ2v) is 7.83. The van der Waals surface area contributed by atoms with Gasteiger partial charge in [-0.2, -0.15) is 19.6 Å². The second-order valence-electron chi connectivity index (χ2n) is 7.83. The zero-order valence-corrected chi connectivity index (χ0v) is 17.9. The number of nitrogens with one attached hydrogen (secondary N) is 1. The van der Waals surface area contributed by atoms with Crippen LogP contribution in [0.5, 0.6) is 11.8 Å². The second kappa shape index (κ2) is 8.69. The number of fused-ring (bicyclic) bond motifs is 1. The molecule has 1 aliphatic rings. The van der Waals surface area contributed by atoms with Crippen molar-refractivity contribution in [2.24, 2.45) is 4.99 Å². The van der Waals surface area contributed by atoms with Crippen molar-refractivity contribution in [2.45, 2.75) is 51.7 Å². The van der Waals surface area contributed by atoms with Gasteiger partial charge in [-0.25, -0.2) is 0 Å². The summed E-state index contributed by atoms with van der Waals surface area (Å²) < 4.78 is 13.2. The Bertz CT molecular complexity index is 1050. The number of anilines is 1. The molecule has 0 saturated heterocycles. The molecule has 8 heteroatoms. The summed E-state index contributed by atoms with van der Waals surface area (Å²) in [5.41, 5.74) is 2.90. The van der Waals surface area contributed by atoms with E-state index in [-0.39, 0.29) is 18.1 Å². The minimum absolute atomic E-state index is 0.00784. The highest BCUT2D eigenvalue weighted by Gasteiger charge is 2.20. The summed E-state index contributed by atoms with van der Waals surface area (Å²) in [7, 11) is 1.67. The predicted molar refractivity (Wildman–Crippen MR) is 117 cm³/mol. The Hall–Kier alpha value is -3.16. The molecule has 1 N–H and O–H groups in total. The van der Waals surface area contributed by atoms with Crippen molar-refractivity contribution < 1.29 is 9.47 Å². The van der Waals surface area contributed by atoms with Gasteiger partial charge in [-0.15, -0.1) is 0 Å². The van der Waals surface area contributed by atoms with E-state index >= 15 is 0 Å². The van der Waals surface area contributed by atoms with E-state index < -0.39 is 0 Å². The first-order valence-electron chi connectivity index (χ1n) is 10.4. The van der Waals surface area contributed by atoms with Crippen LogP contribution in [0.15, 0.2) is 35.5 Å². The van der Waals surface area contributed by atoms with Crippen molar-refractivity contribution in [3.63, 3.8) is 0 Å². The highest BCUT2D eigenvalue weighted by molar-refractivity contribution is 5.58. The van der Waals surface area contributed by atoms with Crippen LogP contribution in [0.4, 0.5) is 5.95 Å². The minimum atomic E-state index is -0.0166. The van der Waals surface area contributed by atoms with Gasteiger partial charge in [0.15, 0.2) is 5.65 Å². The lowest BCUT2D eigenvalue weighted by Crippen LogP contribution is -2.25. The van der Waals surface area contributed by atoms with E-state index in [1.165, 1.54) is 0 Å². The molecule has 3 aromatic rings. The van der Waals surface area contributed by atoms with E-state index in [0.29, 0.717) is 18.5 Å². The number of rotatable bonds is 7. The van der Waals surface area contributed by atoms with Gasteiger partial charge in [-0.3, -0.25) is 4.99 Å². The molecule has 2 atom stereocenters. The number of aromatic nitrogens is 4. The molecule has 0 saturated carbocycles. The van der Waals surface area contributed by atoms with Crippen LogP contribution in [0.1, 0.15) is 56.7 Å². The third-order valence-corrected chi connectivity index (χ3v) is 5.26. The first-order chi connectivity index (χ1) is 14.5. The van der Waals surface area contributed by atoms with Crippen LogP contribution in [0.25, 0.3) is 5.65 Å². The molecular weight excluding hydrogens is 380 g/mol. The van der Waals surface area contributed by atoms with E-state index in [1.54, 1.807) is 11.6 Å². The summed E-state index contributed by atoms with van der Waals surface area (Å²) in [5, 5.41) is 8.00. The van der Waals surface area contributed by atoms with Crippen molar-refractivity contribution in [1.29, 1.82) is 0 Å². The molecule has 0 amide bonds. The maximum atomic E-state index is 6.09. The Kier molecular flexibility index (Phi) is 5.83. The van der Waals surface area contributed by atoms with E-state index in [1.807, 2.05) is 30.6 Å². The molecule has 4 rings (SSSR count). The molecule has 1 aromatic carbocycles. The van der Waals surface area contributed by atoms with Crippen LogP contribution in [0.2, 0.25) is 0 Å². The standard InChI is InChI=1S/C22H28N6O2/c1-14(2)19-13-24-28-20(19)26-22(30-18-9-6-10-23-12-18)27-21(28)25-15(3)16-7-5-8-17(11-16)29-4/h5,7-8,10-11,13-15,18H,6,9,12H2,1-4H3,(H,25,26,27)/t15-,18?/m0/s1. The fourth-order valence-electron chi connectivity index (χ4n) is 3.50. The monoisotopic (exact) mass is 408 g/mol. The van der Waals surface area contributed by atoms with Crippen LogP contribution in [-0.2, 0) is 0 Å². The normalized spacial score (nSPS) is 17.3. The minimum Gasteiger partial charge on any atom is -0.497 e. The Morgan fingerprint density at radius 3 is 2.80 bits per heavy atom. The molecule has 30 heavy (non-hydrogen) atoms. The van der Waals surface area contributed by atoms with Crippen LogP contribution in [-0.4, -0.2) is 45.6 Å². The summed E-state index contributed by atoms with van der Waals surface area (Å²) in [6.45, 7) is 6.96. The van der Waals surface area contributed by atoms with Gasteiger partial charge in [0, 0.05) is 5.56 Å². The fraction of sp³-hybridized carbons (Fsp3) is 0.455. The van der Waals surface area contributed by atoms with Gasteiger partial charge in [0.1, 0.15) is 11.9 Å². The van der Waals surface area contributed by atoms with E-state index in [9.17, 15) is 0 Å². The summed E-state index contributed by atoms with van der Waals surface area (Å²) in [5.74, 6) is 1.70. The smallest absolute Gasteiger partial charge is 0.322 e. The van der Waals surface area contributed by atoms with Gasteiger partial charge in [0.25, 0.3) is 0 Å². The van der Waals surface area contributed by atoms with Crippen LogP contribution in [0.3, 0.4) is 0 Å². The zero-order chi connectivity index (χ0) is 21.1. The first-order valence-corrected chi connectivity index (χ1v) is 10.4. The molecule has 8 nitrogen and oxygen atoms in total. The largest absolute Gasteiger partial charge is 0.497 e. The number of methoxy groups -OCH3 is 1. The summed E-state index contributed by atoms with van der Waals surface area (Å²) in [4.78, 5) is 13.7. The highest BCUT2D eigenvalue weighted by Crippen LogP contribution is 2.26. The molecule has 1 aliphatic heterocycles. The summed E-state index contributed by atoms with van der Waals surface area (Å²) in [6.07, 6.45) is 5.61. The number of aliphatic imine (C=N–C) groups is 1. The molecule has 0 radical (unpaired) electrons. The number of hydrogen-bond donors (Lipinski definition) is 1. The van der Waals surface area contributed by atoms with Crippen molar-refractivity contribution in [3.8, 4) is 11.8 Å². The molecular formula is C22H28N6O2. The Balaban J connectivity index is 1.68. The maximum absolute atomic E-state index is 6.09. The lowest BCUT2D eigenvalue weighted by Gasteiger charge is -2.20. The Morgan fingerprint density at radius 1 is 1.20 bits per heavy atom. The number of nitrogens with zero attached hydrogens (tertiary/aromatic N) is 5. The number of ether oxygens (including phenoxy) is 2.